The summed E-state index contributed by atoms with van der Waals surface area (Å²) in [5.74, 6) is -1.12. The molecule has 0 aliphatic heterocycles. The summed E-state index contributed by atoms with van der Waals surface area (Å²) >= 11 is 0. The Kier molecular flexibility index (Phi) is 3.84. The quantitative estimate of drug-likeness (QED) is 0.839. The summed E-state index contributed by atoms with van der Waals surface area (Å²) in [6, 6.07) is 4.66. The lowest BCUT2D eigenvalue weighted by Crippen LogP contribution is -2.27. The number of carbonyl (C=O) groups is 1. The average molecular weight is 258 g/mol. The number of benzene rings is 1. The number of alkyl halides is 3. The summed E-state index contributed by atoms with van der Waals surface area (Å²) in [6.07, 6.45) is -3.23. The Morgan fingerprint density at radius 3 is 2.50 bits per heavy atom. The fourth-order valence-corrected chi connectivity index (χ4v) is 1.52. The highest BCUT2D eigenvalue weighted by Gasteiger charge is 2.33. The second-order valence-corrected chi connectivity index (χ2v) is 4.30. The van der Waals surface area contributed by atoms with Crippen LogP contribution in [0.5, 0.6) is 0 Å². The van der Waals surface area contributed by atoms with Crippen LogP contribution in [0.2, 0.25) is 0 Å². The summed E-state index contributed by atoms with van der Waals surface area (Å²) in [5.41, 5.74) is -1.74. The predicted octanol–water partition coefficient (Wildman–Crippen LogP) is 3.52. The molecule has 0 radical (unpaired) electrons. The van der Waals surface area contributed by atoms with Gasteiger partial charge in [0, 0.05) is 0 Å². The summed E-state index contributed by atoms with van der Waals surface area (Å²) < 4.78 is 37.5. The molecule has 1 aromatic rings. The molecule has 1 N–H and O–H groups in total. The molecule has 0 aliphatic carbocycles. The van der Waals surface area contributed by atoms with Gasteiger partial charge in [-0.1, -0.05) is 24.3 Å². The summed E-state index contributed by atoms with van der Waals surface area (Å²) in [7, 11) is 0. The van der Waals surface area contributed by atoms with E-state index in [1.54, 1.807) is 0 Å². The van der Waals surface area contributed by atoms with Gasteiger partial charge in [-0.05, 0) is 25.0 Å². The Labute approximate surface area is 103 Å². The second kappa shape index (κ2) is 4.84. The van der Waals surface area contributed by atoms with Gasteiger partial charge >= 0.3 is 12.1 Å². The van der Waals surface area contributed by atoms with Crippen molar-refractivity contribution in [1.82, 2.24) is 0 Å². The van der Waals surface area contributed by atoms with Gasteiger partial charge in [-0.25, -0.2) is 0 Å². The van der Waals surface area contributed by atoms with Gasteiger partial charge in [0.25, 0.3) is 0 Å². The third-order valence-electron chi connectivity index (χ3n) is 2.76. The SMILES string of the molecule is C=CC(C)(Cc1cccc(C(F)(F)F)c1)C(=O)O. The molecule has 0 fully saturated rings. The number of carboxylic acid groups (broad SMARTS) is 1. The molecule has 1 unspecified atom stereocenters. The first-order valence-corrected chi connectivity index (χ1v) is 5.22. The maximum Gasteiger partial charge on any atom is 0.416 e. The van der Waals surface area contributed by atoms with E-state index in [0.29, 0.717) is 5.56 Å². The molecule has 0 aliphatic rings. The van der Waals surface area contributed by atoms with E-state index < -0.39 is 23.1 Å². The zero-order valence-electron chi connectivity index (χ0n) is 9.79. The van der Waals surface area contributed by atoms with E-state index >= 15 is 0 Å². The number of halogens is 3. The van der Waals surface area contributed by atoms with E-state index in [-0.39, 0.29) is 6.42 Å². The monoisotopic (exact) mass is 258 g/mol. The van der Waals surface area contributed by atoms with Crippen LogP contribution in [-0.4, -0.2) is 11.1 Å². The molecule has 0 amide bonds. The molecule has 5 heteroatoms. The van der Waals surface area contributed by atoms with Crippen LogP contribution < -0.4 is 0 Å². The Hall–Kier alpha value is -1.78. The van der Waals surface area contributed by atoms with Crippen molar-refractivity contribution in [1.29, 1.82) is 0 Å². The van der Waals surface area contributed by atoms with Crippen LogP contribution in [0.15, 0.2) is 36.9 Å². The lowest BCUT2D eigenvalue weighted by molar-refractivity contribution is -0.145. The van der Waals surface area contributed by atoms with Crippen LogP contribution in [0, 0.1) is 5.41 Å². The number of rotatable bonds is 4. The van der Waals surface area contributed by atoms with Crippen molar-refractivity contribution in [2.45, 2.75) is 19.5 Å². The second-order valence-electron chi connectivity index (χ2n) is 4.30. The van der Waals surface area contributed by atoms with Crippen molar-refractivity contribution >= 4 is 5.97 Å². The van der Waals surface area contributed by atoms with Gasteiger partial charge < -0.3 is 5.11 Å². The molecule has 0 heterocycles. The molecule has 0 spiro atoms. The maximum atomic E-state index is 12.5. The van der Waals surface area contributed by atoms with Crippen molar-refractivity contribution in [2.24, 2.45) is 5.41 Å². The minimum atomic E-state index is -4.43. The molecular formula is C13H13F3O2. The first-order valence-electron chi connectivity index (χ1n) is 5.22. The molecule has 1 rings (SSSR count). The summed E-state index contributed by atoms with van der Waals surface area (Å²) in [5, 5.41) is 9.03. The third-order valence-corrected chi connectivity index (χ3v) is 2.76. The molecule has 98 valence electrons. The van der Waals surface area contributed by atoms with E-state index in [1.165, 1.54) is 25.1 Å². The summed E-state index contributed by atoms with van der Waals surface area (Å²) in [4.78, 5) is 11.0. The molecule has 0 bridgehead atoms. The van der Waals surface area contributed by atoms with Crippen LogP contribution in [-0.2, 0) is 17.4 Å². The Balaban J connectivity index is 3.06. The van der Waals surface area contributed by atoms with Gasteiger partial charge in [-0.3, -0.25) is 4.79 Å². The van der Waals surface area contributed by atoms with E-state index in [0.717, 1.165) is 12.1 Å². The van der Waals surface area contributed by atoms with Gasteiger partial charge in [-0.2, -0.15) is 13.2 Å². The van der Waals surface area contributed by atoms with Gasteiger partial charge in [-0.15, -0.1) is 6.58 Å². The molecular weight excluding hydrogens is 245 g/mol. The molecule has 1 atom stereocenters. The van der Waals surface area contributed by atoms with Crippen molar-refractivity contribution in [3.8, 4) is 0 Å². The van der Waals surface area contributed by atoms with Crippen molar-refractivity contribution in [3.63, 3.8) is 0 Å². The molecule has 0 saturated carbocycles. The maximum absolute atomic E-state index is 12.5. The van der Waals surface area contributed by atoms with Crippen LogP contribution in [0.25, 0.3) is 0 Å². The number of carboxylic acids is 1. The standard InChI is InChI=1S/C13H13F3O2/c1-3-12(2,11(17)18)8-9-5-4-6-10(7-9)13(14,15)16/h3-7H,1,8H2,2H3,(H,17,18). The highest BCUT2D eigenvalue weighted by Crippen LogP contribution is 2.31. The fourth-order valence-electron chi connectivity index (χ4n) is 1.52. The van der Waals surface area contributed by atoms with Crippen molar-refractivity contribution in [3.05, 3.63) is 48.0 Å². The Morgan fingerprint density at radius 1 is 1.44 bits per heavy atom. The van der Waals surface area contributed by atoms with E-state index in [4.69, 9.17) is 5.11 Å². The lowest BCUT2D eigenvalue weighted by atomic mass is 9.83. The predicted molar refractivity (Wildman–Crippen MR) is 61.1 cm³/mol. The molecule has 1 aromatic carbocycles. The zero-order chi connectivity index (χ0) is 14.0. The van der Waals surface area contributed by atoms with Gasteiger partial charge in [0.15, 0.2) is 0 Å². The highest BCUT2D eigenvalue weighted by molar-refractivity contribution is 5.76. The van der Waals surface area contributed by atoms with Crippen LogP contribution in [0.1, 0.15) is 18.1 Å². The average Bonchev–Trinajstić information content (AvgIpc) is 2.28. The smallest absolute Gasteiger partial charge is 0.416 e. The van der Waals surface area contributed by atoms with Gasteiger partial charge in [0.05, 0.1) is 11.0 Å². The third kappa shape index (κ3) is 3.12. The fraction of sp³-hybridized carbons (Fsp3) is 0.308. The molecule has 2 nitrogen and oxygen atoms in total. The van der Waals surface area contributed by atoms with Crippen LogP contribution in [0.4, 0.5) is 13.2 Å². The number of hydrogen-bond donors (Lipinski definition) is 1. The number of hydrogen-bond acceptors (Lipinski definition) is 1. The molecule has 0 aromatic heterocycles. The van der Waals surface area contributed by atoms with Crippen molar-refractivity contribution in [2.75, 3.05) is 0 Å². The van der Waals surface area contributed by atoms with Crippen LogP contribution in [0.3, 0.4) is 0 Å². The van der Waals surface area contributed by atoms with Gasteiger partial charge in [0.1, 0.15) is 0 Å². The minimum Gasteiger partial charge on any atom is -0.481 e. The molecule has 18 heavy (non-hydrogen) atoms. The first kappa shape index (κ1) is 14.3. The minimum absolute atomic E-state index is 0.0320. The lowest BCUT2D eigenvalue weighted by Gasteiger charge is -2.20. The van der Waals surface area contributed by atoms with E-state index in [2.05, 4.69) is 6.58 Å². The number of aliphatic carboxylic acids is 1. The Bertz CT molecular complexity index is 466. The Morgan fingerprint density at radius 2 is 2.06 bits per heavy atom. The highest BCUT2D eigenvalue weighted by atomic mass is 19.4. The normalized spacial score (nSPS) is 14.9. The topological polar surface area (TPSA) is 37.3 Å². The first-order chi connectivity index (χ1) is 8.19. The van der Waals surface area contributed by atoms with Crippen molar-refractivity contribution < 1.29 is 23.1 Å². The largest absolute Gasteiger partial charge is 0.481 e. The van der Waals surface area contributed by atoms with Gasteiger partial charge in [0.2, 0.25) is 0 Å². The van der Waals surface area contributed by atoms with Crippen LogP contribution >= 0.6 is 0 Å². The van der Waals surface area contributed by atoms with E-state index in [1.807, 2.05) is 0 Å². The van der Waals surface area contributed by atoms with E-state index in [9.17, 15) is 18.0 Å². The zero-order valence-corrected chi connectivity index (χ0v) is 9.79. The summed E-state index contributed by atoms with van der Waals surface area (Å²) in [6.45, 7) is 4.84. The molecule has 0 saturated heterocycles.